The molecule has 0 aromatic heterocycles. The molecule has 34 heavy (non-hydrogen) atoms. The predicted octanol–water partition coefficient (Wildman–Crippen LogP) is 7.23. The van der Waals surface area contributed by atoms with E-state index in [0.29, 0.717) is 30.0 Å². The van der Waals surface area contributed by atoms with Crippen LogP contribution in [0.5, 0.6) is 11.5 Å². The van der Waals surface area contributed by atoms with Gasteiger partial charge in [-0.15, -0.1) is 6.42 Å². The molecule has 3 nitrogen and oxygen atoms in total. The Morgan fingerprint density at radius 2 is 1.65 bits per heavy atom. The van der Waals surface area contributed by atoms with Crippen LogP contribution in [0.3, 0.4) is 0 Å². The van der Waals surface area contributed by atoms with Crippen LogP contribution in [0.1, 0.15) is 36.5 Å². The van der Waals surface area contributed by atoms with Gasteiger partial charge in [0.2, 0.25) is 6.79 Å². The summed E-state index contributed by atoms with van der Waals surface area (Å²) in [5.41, 5.74) is 1.15. The third kappa shape index (κ3) is 5.12. The van der Waals surface area contributed by atoms with E-state index in [1.807, 2.05) is 25.1 Å². The minimum Gasteiger partial charge on any atom is -0.454 e. The minimum atomic E-state index is -4.42. The van der Waals surface area contributed by atoms with Crippen molar-refractivity contribution < 1.29 is 27.0 Å². The molecule has 1 heterocycles. The fourth-order valence-electron chi connectivity index (χ4n) is 3.91. The molecule has 3 aromatic rings. The third-order valence-electron chi connectivity index (χ3n) is 5.99. The van der Waals surface area contributed by atoms with Gasteiger partial charge in [-0.25, -0.2) is 4.39 Å². The second-order valence-electron chi connectivity index (χ2n) is 8.41. The van der Waals surface area contributed by atoms with Gasteiger partial charge in [0.15, 0.2) is 11.5 Å². The van der Waals surface area contributed by atoms with E-state index < -0.39 is 23.0 Å². The summed E-state index contributed by atoms with van der Waals surface area (Å²) in [4.78, 5) is 0. The summed E-state index contributed by atoms with van der Waals surface area (Å²) in [5.74, 6) is 3.78. The molecule has 4 rings (SSSR count). The van der Waals surface area contributed by atoms with E-state index in [4.69, 9.17) is 15.9 Å². The molecule has 0 aliphatic carbocycles. The van der Waals surface area contributed by atoms with Crippen molar-refractivity contribution in [1.82, 2.24) is 0 Å². The summed E-state index contributed by atoms with van der Waals surface area (Å²) in [6.07, 6.45) is 3.56. The van der Waals surface area contributed by atoms with E-state index in [1.54, 1.807) is 12.1 Å². The summed E-state index contributed by atoms with van der Waals surface area (Å²) >= 11 is 0. The van der Waals surface area contributed by atoms with E-state index in [-0.39, 0.29) is 12.5 Å². The second kappa shape index (κ2) is 9.30. The number of ether oxygens (including phenoxy) is 2. The monoisotopic (exact) mass is 469 g/mol. The lowest BCUT2D eigenvalue weighted by Gasteiger charge is -2.24. The Labute approximate surface area is 195 Å². The van der Waals surface area contributed by atoms with Crippen LogP contribution in [0.25, 0.3) is 0 Å². The standard InChI is InChI=1S/C27H23F4NO2/c1-3-26(2,20-9-13-24-25(16-20)34-17-33-24)14-4-5-18-6-12-22(28)23(15-18)32-21-10-7-19(8-11-21)27(29,30)31/h1,6-13,15-16,32H,4-5,14,17H2,2H3. The number of hydrogen-bond donors (Lipinski definition) is 1. The van der Waals surface area contributed by atoms with Gasteiger partial charge < -0.3 is 14.8 Å². The third-order valence-corrected chi connectivity index (χ3v) is 5.99. The Morgan fingerprint density at radius 3 is 2.35 bits per heavy atom. The maximum Gasteiger partial charge on any atom is 0.416 e. The van der Waals surface area contributed by atoms with Gasteiger partial charge in [0.25, 0.3) is 0 Å². The molecule has 176 valence electrons. The van der Waals surface area contributed by atoms with Crippen molar-refractivity contribution in [2.75, 3.05) is 12.1 Å². The second-order valence-corrected chi connectivity index (χ2v) is 8.41. The Bertz CT molecular complexity index is 1210. The lowest BCUT2D eigenvalue weighted by atomic mass is 9.78. The van der Waals surface area contributed by atoms with E-state index in [1.165, 1.54) is 18.2 Å². The quantitative estimate of drug-likeness (QED) is 0.293. The lowest BCUT2D eigenvalue weighted by molar-refractivity contribution is -0.137. The van der Waals surface area contributed by atoms with Gasteiger partial charge in [0.1, 0.15) is 5.82 Å². The predicted molar refractivity (Wildman–Crippen MR) is 123 cm³/mol. The maximum absolute atomic E-state index is 14.3. The molecule has 0 amide bonds. The molecular formula is C27H23F4NO2. The van der Waals surface area contributed by atoms with Crippen LogP contribution in [0, 0.1) is 18.2 Å². The molecule has 1 aliphatic rings. The Hall–Kier alpha value is -3.66. The number of terminal acetylenes is 1. The minimum absolute atomic E-state index is 0.193. The highest BCUT2D eigenvalue weighted by Crippen LogP contribution is 2.38. The van der Waals surface area contributed by atoms with Crippen molar-refractivity contribution >= 4 is 11.4 Å². The first-order valence-corrected chi connectivity index (χ1v) is 10.8. The van der Waals surface area contributed by atoms with Crippen LogP contribution in [-0.4, -0.2) is 6.79 Å². The summed E-state index contributed by atoms with van der Waals surface area (Å²) in [6.45, 7) is 2.19. The summed E-state index contributed by atoms with van der Waals surface area (Å²) < 4.78 is 63.4. The summed E-state index contributed by atoms with van der Waals surface area (Å²) in [7, 11) is 0. The van der Waals surface area contributed by atoms with Crippen LogP contribution >= 0.6 is 0 Å². The van der Waals surface area contributed by atoms with Crippen LogP contribution in [0.4, 0.5) is 28.9 Å². The van der Waals surface area contributed by atoms with E-state index in [0.717, 1.165) is 29.7 Å². The SMILES string of the molecule is C#CC(C)(CCCc1ccc(F)c(Nc2ccc(C(F)(F)F)cc2)c1)c1ccc2c(c1)OCO2. The largest absolute Gasteiger partial charge is 0.454 e. The van der Waals surface area contributed by atoms with Crippen LogP contribution in [0.2, 0.25) is 0 Å². The lowest BCUT2D eigenvalue weighted by Crippen LogP contribution is -2.19. The molecule has 0 spiro atoms. The van der Waals surface area contributed by atoms with Crippen molar-refractivity contribution in [2.45, 2.75) is 37.8 Å². The van der Waals surface area contributed by atoms with Gasteiger partial charge in [-0.2, -0.15) is 13.2 Å². The van der Waals surface area contributed by atoms with Gasteiger partial charge in [-0.3, -0.25) is 0 Å². The highest BCUT2D eigenvalue weighted by atomic mass is 19.4. The number of halogens is 4. The summed E-state index contributed by atoms with van der Waals surface area (Å²) in [5, 5.41) is 2.86. The van der Waals surface area contributed by atoms with Crippen molar-refractivity contribution in [3.63, 3.8) is 0 Å². The molecule has 1 aliphatic heterocycles. The Kier molecular flexibility index (Phi) is 6.43. The number of aryl methyl sites for hydroxylation is 1. The number of anilines is 2. The molecule has 7 heteroatoms. The van der Waals surface area contributed by atoms with Crippen LogP contribution in [-0.2, 0) is 18.0 Å². The molecule has 0 saturated heterocycles. The van der Waals surface area contributed by atoms with E-state index >= 15 is 0 Å². The molecular weight excluding hydrogens is 446 g/mol. The van der Waals surface area contributed by atoms with Crippen molar-refractivity contribution in [3.8, 4) is 23.8 Å². The number of hydrogen-bond acceptors (Lipinski definition) is 3. The van der Waals surface area contributed by atoms with Gasteiger partial charge in [-0.05, 0) is 85.8 Å². The molecule has 0 fully saturated rings. The first-order valence-electron chi connectivity index (χ1n) is 10.8. The zero-order valence-electron chi connectivity index (χ0n) is 18.5. The molecule has 3 aromatic carbocycles. The maximum atomic E-state index is 14.3. The number of alkyl halides is 3. The van der Waals surface area contributed by atoms with E-state index in [9.17, 15) is 17.6 Å². The zero-order valence-corrected chi connectivity index (χ0v) is 18.5. The number of benzene rings is 3. The first-order chi connectivity index (χ1) is 16.2. The number of fused-ring (bicyclic) bond motifs is 1. The molecule has 0 saturated carbocycles. The number of rotatable bonds is 7. The molecule has 1 atom stereocenters. The topological polar surface area (TPSA) is 30.5 Å². The smallest absolute Gasteiger partial charge is 0.416 e. The van der Waals surface area contributed by atoms with Crippen molar-refractivity contribution in [1.29, 1.82) is 0 Å². The van der Waals surface area contributed by atoms with Crippen molar-refractivity contribution in [2.24, 2.45) is 0 Å². The highest BCUT2D eigenvalue weighted by molar-refractivity contribution is 5.61. The van der Waals surface area contributed by atoms with E-state index in [2.05, 4.69) is 11.2 Å². The molecule has 0 bridgehead atoms. The normalized spacial score (nSPS) is 14.4. The fourth-order valence-corrected chi connectivity index (χ4v) is 3.91. The Balaban J connectivity index is 1.41. The Morgan fingerprint density at radius 1 is 0.941 bits per heavy atom. The summed E-state index contributed by atoms with van der Waals surface area (Å²) in [6, 6.07) is 14.9. The zero-order chi connectivity index (χ0) is 24.3. The van der Waals surface area contributed by atoms with Crippen LogP contribution in [0.15, 0.2) is 60.7 Å². The first kappa shape index (κ1) is 23.5. The molecule has 1 N–H and O–H groups in total. The van der Waals surface area contributed by atoms with Crippen molar-refractivity contribution in [3.05, 3.63) is 83.2 Å². The van der Waals surface area contributed by atoms with Gasteiger partial charge in [-0.1, -0.05) is 18.1 Å². The van der Waals surface area contributed by atoms with Gasteiger partial charge in [0.05, 0.1) is 16.7 Å². The molecule has 1 unspecified atom stereocenters. The average Bonchev–Trinajstić information content (AvgIpc) is 3.29. The van der Waals surface area contributed by atoms with Gasteiger partial charge in [0, 0.05) is 5.69 Å². The fraction of sp³-hybridized carbons (Fsp3) is 0.259. The van der Waals surface area contributed by atoms with Gasteiger partial charge >= 0.3 is 6.18 Å². The average molecular weight is 469 g/mol. The number of nitrogens with one attached hydrogen (secondary N) is 1. The molecule has 0 radical (unpaired) electrons. The van der Waals surface area contributed by atoms with Crippen LogP contribution < -0.4 is 14.8 Å². The highest BCUT2D eigenvalue weighted by Gasteiger charge is 2.30.